The number of rotatable bonds is 6. The Balaban J connectivity index is 1.50. The van der Waals surface area contributed by atoms with Crippen LogP contribution in [0.25, 0.3) is 23.0 Å². The minimum absolute atomic E-state index is 0.397. The Morgan fingerprint density at radius 3 is 2.80 bits per heavy atom. The van der Waals surface area contributed by atoms with E-state index in [0.717, 1.165) is 71.7 Å². The number of nitrogens with one attached hydrogen (secondary N) is 1. The van der Waals surface area contributed by atoms with Crippen molar-refractivity contribution < 1.29 is 0 Å². The van der Waals surface area contributed by atoms with Crippen LogP contribution in [0.2, 0.25) is 0 Å². The SMILES string of the molecule is N#CC1(c2cncc(-c3nc(NCc4ccccn4)c4c(n3)=CCCC=4C3=CC=CCC3)c2)CC1. The van der Waals surface area contributed by atoms with E-state index in [-0.39, 0.29) is 0 Å². The first-order valence-electron chi connectivity index (χ1n) is 12.2. The Bertz CT molecular complexity index is 1510. The third kappa shape index (κ3) is 4.15. The number of hydrogen-bond donors (Lipinski definition) is 1. The fourth-order valence-electron chi connectivity index (χ4n) is 4.92. The molecule has 0 radical (unpaired) electrons. The van der Waals surface area contributed by atoms with Crippen molar-refractivity contribution in [3.8, 4) is 17.5 Å². The number of nitriles is 1. The van der Waals surface area contributed by atoms with Crippen LogP contribution in [-0.2, 0) is 12.0 Å². The second-order valence-corrected chi connectivity index (χ2v) is 9.37. The van der Waals surface area contributed by atoms with E-state index in [9.17, 15) is 5.26 Å². The molecule has 6 heteroatoms. The molecular formula is C29H26N6. The second-order valence-electron chi connectivity index (χ2n) is 9.37. The van der Waals surface area contributed by atoms with Gasteiger partial charge in [-0.2, -0.15) is 5.26 Å². The highest BCUT2D eigenvalue weighted by molar-refractivity contribution is 5.72. The van der Waals surface area contributed by atoms with E-state index in [2.05, 4.69) is 45.7 Å². The molecular weight excluding hydrogens is 432 g/mol. The van der Waals surface area contributed by atoms with Crippen LogP contribution in [0.4, 0.5) is 5.82 Å². The summed E-state index contributed by atoms with van der Waals surface area (Å²) in [5.74, 6) is 1.45. The molecule has 6 rings (SSSR count). The van der Waals surface area contributed by atoms with Gasteiger partial charge >= 0.3 is 0 Å². The number of aromatic nitrogens is 4. The van der Waals surface area contributed by atoms with Crippen LogP contribution in [0.1, 0.15) is 49.8 Å². The summed E-state index contributed by atoms with van der Waals surface area (Å²) in [5.41, 5.74) is 5.05. The highest BCUT2D eigenvalue weighted by atomic mass is 15.0. The highest BCUT2D eigenvalue weighted by Crippen LogP contribution is 2.47. The molecule has 0 spiro atoms. The van der Waals surface area contributed by atoms with Gasteiger partial charge in [-0.1, -0.05) is 30.4 Å². The van der Waals surface area contributed by atoms with E-state index in [1.807, 2.05) is 30.5 Å². The van der Waals surface area contributed by atoms with Crippen LogP contribution in [0, 0.1) is 11.3 Å². The van der Waals surface area contributed by atoms with Crippen LogP contribution in [0.5, 0.6) is 0 Å². The first-order chi connectivity index (χ1) is 17.3. The van der Waals surface area contributed by atoms with Gasteiger partial charge in [-0.3, -0.25) is 9.97 Å². The Morgan fingerprint density at radius 1 is 1.09 bits per heavy atom. The van der Waals surface area contributed by atoms with E-state index in [0.29, 0.717) is 12.4 Å². The molecule has 3 aromatic rings. The molecule has 0 aromatic carbocycles. The Morgan fingerprint density at radius 2 is 2.03 bits per heavy atom. The smallest absolute Gasteiger partial charge is 0.163 e. The van der Waals surface area contributed by atoms with Gasteiger partial charge in [0, 0.05) is 29.4 Å². The Labute approximate surface area is 204 Å². The molecule has 0 unspecified atom stereocenters. The molecule has 1 saturated carbocycles. The maximum absolute atomic E-state index is 9.66. The number of fused-ring (bicyclic) bond motifs is 1. The van der Waals surface area contributed by atoms with Gasteiger partial charge < -0.3 is 5.32 Å². The zero-order valence-corrected chi connectivity index (χ0v) is 19.5. The molecule has 3 aliphatic rings. The van der Waals surface area contributed by atoms with E-state index >= 15 is 0 Å². The number of allylic oxidation sites excluding steroid dienone is 4. The molecule has 35 heavy (non-hydrogen) atoms. The molecule has 3 heterocycles. The van der Waals surface area contributed by atoms with Crippen molar-refractivity contribution in [2.75, 3.05) is 5.32 Å². The number of pyridine rings is 2. The molecule has 3 aliphatic carbocycles. The van der Waals surface area contributed by atoms with Crippen molar-refractivity contribution in [1.82, 2.24) is 19.9 Å². The van der Waals surface area contributed by atoms with Gasteiger partial charge in [-0.15, -0.1) is 0 Å². The zero-order chi connectivity index (χ0) is 23.7. The lowest BCUT2D eigenvalue weighted by atomic mass is 9.90. The van der Waals surface area contributed by atoms with Gasteiger partial charge in [-0.25, -0.2) is 9.97 Å². The normalized spacial score (nSPS) is 17.6. The Kier molecular flexibility index (Phi) is 5.46. The minimum atomic E-state index is -0.397. The lowest BCUT2D eigenvalue weighted by Gasteiger charge is -2.19. The summed E-state index contributed by atoms with van der Waals surface area (Å²) in [7, 11) is 0. The second kappa shape index (κ2) is 8.92. The van der Waals surface area contributed by atoms with Gasteiger partial charge in [0.1, 0.15) is 5.82 Å². The first-order valence-corrected chi connectivity index (χ1v) is 12.2. The molecule has 0 amide bonds. The third-order valence-corrected chi connectivity index (χ3v) is 7.05. The largest absolute Gasteiger partial charge is 0.364 e. The van der Waals surface area contributed by atoms with Crippen LogP contribution in [0.15, 0.2) is 66.7 Å². The van der Waals surface area contributed by atoms with Gasteiger partial charge in [0.05, 0.1) is 29.1 Å². The third-order valence-electron chi connectivity index (χ3n) is 7.05. The summed E-state index contributed by atoms with van der Waals surface area (Å²) in [6.45, 7) is 0.575. The van der Waals surface area contributed by atoms with Gasteiger partial charge in [0.15, 0.2) is 5.82 Å². The Hall–Kier alpha value is -4.11. The topological polar surface area (TPSA) is 87.4 Å². The highest BCUT2D eigenvalue weighted by Gasteiger charge is 2.45. The van der Waals surface area contributed by atoms with Crippen molar-refractivity contribution in [2.45, 2.75) is 50.5 Å². The lowest BCUT2D eigenvalue weighted by Crippen LogP contribution is -2.37. The average molecular weight is 459 g/mol. The predicted molar refractivity (Wildman–Crippen MR) is 136 cm³/mol. The monoisotopic (exact) mass is 458 g/mol. The fraction of sp³-hybridized carbons (Fsp3) is 0.276. The molecule has 0 bridgehead atoms. The maximum Gasteiger partial charge on any atom is 0.163 e. The predicted octanol–water partition coefficient (Wildman–Crippen LogP) is 4.10. The maximum atomic E-state index is 9.66. The summed E-state index contributed by atoms with van der Waals surface area (Å²) in [6, 6.07) is 10.4. The number of nitrogens with zero attached hydrogens (tertiary/aromatic N) is 5. The van der Waals surface area contributed by atoms with Crippen LogP contribution in [-0.4, -0.2) is 19.9 Å². The van der Waals surface area contributed by atoms with Crippen molar-refractivity contribution in [1.29, 1.82) is 5.26 Å². The van der Waals surface area contributed by atoms with Crippen molar-refractivity contribution >= 4 is 17.5 Å². The molecule has 0 atom stereocenters. The van der Waals surface area contributed by atoms with Crippen molar-refractivity contribution in [3.05, 3.63) is 88.5 Å². The fourth-order valence-corrected chi connectivity index (χ4v) is 4.92. The molecule has 0 aliphatic heterocycles. The van der Waals surface area contributed by atoms with Crippen LogP contribution >= 0.6 is 0 Å². The average Bonchev–Trinajstić information content (AvgIpc) is 3.74. The quantitative estimate of drug-likeness (QED) is 0.598. The molecule has 1 N–H and O–H groups in total. The molecule has 1 fully saturated rings. The standard InChI is InChI=1S/C29H26N6/c30-19-29(12-13-29)22-15-21(16-31-17-22)27-34-25-11-6-10-24(20-7-2-1-3-8-20)26(25)28(35-27)33-18-23-9-4-5-14-32-23/h1-2,4-5,7,9,11,14-17H,3,6,8,10,12-13,18H2,(H,33,34,35). The summed E-state index contributed by atoms with van der Waals surface area (Å²) >= 11 is 0. The van der Waals surface area contributed by atoms with Crippen LogP contribution in [0.3, 0.4) is 0 Å². The molecule has 0 saturated heterocycles. The molecule has 6 nitrogen and oxygen atoms in total. The lowest BCUT2D eigenvalue weighted by molar-refractivity contribution is 0.896. The van der Waals surface area contributed by atoms with E-state index in [1.165, 1.54) is 11.1 Å². The van der Waals surface area contributed by atoms with Crippen LogP contribution < -0.4 is 15.9 Å². The first kappa shape index (κ1) is 21.4. The van der Waals surface area contributed by atoms with E-state index in [4.69, 9.17) is 9.97 Å². The minimum Gasteiger partial charge on any atom is -0.364 e. The molecule has 3 aromatic heterocycles. The summed E-state index contributed by atoms with van der Waals surface area (Å²) in [4.78, 5) is 18.9. The summed E-state index contributed by atoms with van der Waals surface area (Å²) < 4.78 is 0. The van der Waals surface area contributed by atoms with Crippen molar-refractivity contribution in [3.63, 3.8) is 0 Å². The number of anilines is 1. The van der Waals surface area contributed by atoms with Gasteiger partial charge in [0.25, 0.3) is 0 Å². The summed E-state index contributed by atoms with van der Waals surface area (Å²) in [6.07, 6.45) is 20.0. The number of hydrogen-bond acceptors (Lipinski definition) is 6. The van der Waals surface area contributed by atoms with Gasteiger partial charge in [0.2, 0.25) is 0 Å². The van der Waals surface area contributed by atoms with E-state index in [1.54, 1.807) is 12.4 Å². The zero-order valence-electron chi connectivity index (χ0n) is 19.5. The van der Waals surface area contributed by atoms with E-state index < -0.39 is 5.41 Å². The van der Waals surface area contributed by atoms with Crippen molar-refractivity contribution in [2.24, 2.45) is 0 Å². The molecule has 172 valence electrons. The van der Waals surface area contributed by atoms with Gasteiger partial charge in [-0.05, 0) is 73.4 Å². The summed E-state index contributed by atoms with van der Waals surface area (Å²) in [5, 5.41) is 15.3.